The smallest absolute Gasteiger partial charge is 0.298 e. The number of aryl methyl sites for hydroxylation is 2. The Labute approximate surface area is 309 Å². The van der Waals surface area contributed by atoms with Crippen LogP contribution in [0.4, 0.5) is 0 Å². The zero-order chi connectivity index (χ0) is 37.5. The molecule has 0 bridgehead atoms. The van der Waals surface area contributed by atoms with Crippen LogP contribution >= 0.6 is 12.0 Å². The van der Waals surface area contributed by atoms with E-state index in [0.717, 1.165) is 28.3 Å². The summed E-state index contributed by atoms with van der Waals surface area (Å²) < 4.78 is 57.1. The fourth-order valence-electron chi connectivity index (χ4n) is 5.19. The quantitative estimate of drug-likeness (QED) is 0.0379. The molecule has 0 fully saturated rings. The molecular formula is C40H29NO10S2. The molecule has 0 aliphatic rings. The Morgan fingerprint density at radius 3 is 1.72 bits per heavy atom. The highest BCUT2D eigenvalue weighted by atomic mass is 32.2. The number of benzene rings is 6. The minimum Gasteiger partial charge on any atom is -0.456 e. The van der Waals surface area contributed by atoms with Gasteiger partial charge < -0.3 is 14.2 Å². The molecular weight excluding hydrogens is 719 g/mol. The minimum absolute atomic E-state index is 0.0148. The molecule has 0 aliphatic carbocycles. The molecule has 11 nitrogen and oxygen atoms in total. The fraction of sp³-hybridized carbons (Fsp3) is 0.0500. The van der Waals surface area contributed by atoms with Gasteiger partial charge in [0.25, 0.3) is 10.1 Å². The monoisotopic (exact) mass is 747 g/mol. The summed E-state index contributed by atoms with van der Waals surface area (Å²) in [6.07, 6.45) is 0. The van der Waals surface area contributed by atoms with Crippen molar-refractivity contribution in [3.8, 4) is 51.7 Å². The molecule has 53 heavy (non-hydrogen) atoms. The van der Waals surface area contributed by atoms with Gasteiger partial charge >= 0.3 is 0 Å². The van der Waals surface area contributed by atoms with Gasteiger partial charge in [-0.05, 0) is 103 Å². The summed E-state index contributed by atoms with van der Waals surface area (Å²) in [5.74, 6) is 1.39. The molecule has 0 atom stereocenters. The summed E-state index contributed by atoms with van der Waals surface area (Å²) in [5.41, 5.74) is 3.93. The van der Waals surface area contributed by atoms with Crippen LogP contribution in [0.5, 0.6) is 34.5 Å². The lowest BCUT2D eigenvalue weighted by atomic mass is 10.0. The number of ether oxygens (including phenoxy) is 3. The average molecular weight is 748 g/mol. The molecule has 13 heteroatoms. The van der Waals surface area contributed by atoms with Gasteiger partial charge in [-0.3, -0.25) is 9.35 Å². The van der Waals surface area contributed by atoms with Crippen molar-refractivity contribution >= 4 is 27.9 Å². The highest BCUT2D eigenvalue weighted by Crippen LogP contribution is 2.36. The minimum atomic E-state index is -4.80. The molecule has 0 saturated heterocycles. The zero-order valence-electron chi connectivity index (χ0n) is 28.0. The average Bonchev–Trinajstić information content (AvgIpc) is 3.15. The number of ketones is 1. The normalized spacial score (nSPS) is 11.1. The maximum absolute atomic E-state index is 13.3. The molecule has 266 valence electrons. The van der Waals surface area contributed by atoms with Crippen LogP contribution in [-0.2, 0) is 19.5 Å². The fourth-order valence-corrected chi connectivity index (χ4v) is 6.31. The second-order valence-corrected chi connectivity index (χ2v) is 13.7. The topological polar surface area (TPSA) is 162 Å². The maximum Gasteiger partial charge on any atom is 0.298 e. The lowest BCUT2D eigenvalue weighted by molar-refractivity contribution is -0.432. The van der Waals surface area contributed by atoms with Gasteiger partial charge in [0.05, 0.1) is 12.0 Å². The summed E-state index contributed by atoms with van der Waals surface area (Å²) in [6.45, 7) is 3.74. The lowest BCUT2D eigenvalue weighted by Crippen LogP contribution is -2.07. The third kappa shape index (κ3) is 8.91. The van der Waals surface area contributed by atoms with E-state index < -0.39 is 20.8 Å². The number of carbonyl (C=O) groups excluding carboxylic acids is 1. The Balaban J connectivity index is 1.16. The molecule has 0 radical (unpaired) electrons. The van der Waals surface area contributed by atoms with E-state index in [9.17, 15) is 23.0 Å². The van der Waals surface area contributed by atoms with Crippen molar-refractivity contribution in [1.82, 2.24) is 0 Å². The zero-order valence-corrected chi connectivity index (χ0v) is 29.7. The molecule has 0 heterocycles. The molecule has 6 aromatic rings. The summed E-state index contributed by atoms with van der Waals surface area (Å²) in [6, 6.07) is 37.3. The Kier molecular flexibility index (Phi) is 11.2. The number of nitrogens with zero attached hydrogens (tertiary/aromatic N) is 1. The van der Waals surface area contributed by atoms with Crippen LogP contribution in [0.2, 0.25) is 0 Å². The van der Waals surface area contributed by atoms with Crippen molar-refractivity contribution in [3.05, 3.63) is 155 Å². The van der Waals surface area contributed by atoms with Crippen LogP contribution in [0.25, 0.3) is 11.1 Å². The first-order valence-electron chi connectivity index (χ1n) is 15.8. The van der Waals surface area contributed by atoms with Crippen LogP contribution in [0.3, 0.4) is 0 Å². The molecule has 6 rings (SSSR count). The van der Waals surface area contributed by atoms with Crippen LogP contribution in [0.15, 0.2) is 137 Å². The molecule has 6 aromatic carbocycles. The summed E-state index contributed by atoms with van der Waals surface area (Å²) in [5, 5.41) is 22.0. The predicted octanol–water partition coefficient (Wildman–Crippen LogP) is 10.1. The first-order valence-corrected chi connectivity index (χ1v) is 18.0. The second-order valence-electron chi connectivity index (χ2n) is 11.6. The number of rotatable bonds is 13. The third-order valence-corrected chi connectivity index (χ3v) is 9.56. The van der Waals surface area contributed by atoms with E-state index >= 15 is 0 Å². The summed E-state index contributed by atoms with van der Waals surface area (Å²) in [7, 11) is -4.80. The van der Waals surface area contributed by atoms with E-state index in [1.165, 1.54) is 18.2 Å². The highest BCUT2D eigenvalue weighted by Gasteiger charge is 2.22. The number of carbonyl (C=O) groups is 1. The van der Waals surface area contributed by atoms with Crippen molar-refractivity contribution in [2.45, 2.75) is 23.6 Å². The third-order valence-electron chi connectivity index (χ3n) is 7.93. The Bertz CT molecular complexity index is 2430. The molecule has 0 saturated carbocycles. The van der Waals surface area contributed by atoms with Gasteiger partial charge in [-0.15, -0.1) is 4.33 Å². The Morgan fingerprint density at radius 2 is 1.19 bits per heavy atom. The number of hydrogen-bond acceptors (Lipinski definition) is 11. The van der Waals surface area contributed by atoms with E-state index in [1.54, 1.807) is 73.7 Å². The Morgan fingerprint density at radius 1 is 0.679 bits per heavy atom. The van der Waals surface area contributed by atoms with Gasteiger partial charge in [0, 0.05) is 16.0 Å². The van der Waals surface area contributed by atoms with Gasteiger partial charge in [-0.1, -0.05) is 65.2 Å². The molecule has 0 aliphatic heterocycles. The molecule has 0 amide bonds. The predicted molar refractivity (Wildman–Crippen MR) is 196 cm³/mol. The van der Waals surface area contributed by atoms with Gasteiger partial charge in [-0.2, -0.15) is 13.7 Å². The first kappa shape index (κ1) is 36.8. The first-order chi connectivity index (χ1) is 25.5. The SMILES string of the molecule is Cc1ccc(Oc2cccc(Oc3ccc(-c4ccc(Oc5ccc(C(=O)c6ccc(C)c(SOOO)c6)cc5S(=O)(=O)O)cc4)cc3)c2C#N)cc1. The van der Waals surface area contributed by atoms with E-state index in [2.05, 4.69) is 15.4 Å². The van der Waals surface area contributed by atoms with Crippen molar-refractivity contribution < 1.29 is 46.6 Å². The standard InChI is InChI=1S/C40H29NO10S2/c1-25-6-15-31(16-7-25)47-35-4-3-5-36(34(35)24-41)48-32-17-10-27(11-18-32)28-12-19-33(20-13-28)49-37-21-14-30(23-39(37)53(44,45)46)40(42)29-9-8-26(2)38(22-29)52-51-50-43/h3-23,43H,1-2H3,(H,44,45,46). The van der Waals surface area contributed by atoms with Gasteiger partial charge in [0.2, 0.25) is 0 Å². The van der Waals surface area contributed by atoms with E-state index in [0.29, 0.717) is 39.9 Å². The number of hydrogen-bond donors (Lipinski definition) is 2. The van der Waals surface area contributed by atoms with Crippen molar-refractivity contribution in [3.63, 3.8) is 0 Å². The van der Waals surface area contributed by atoms with Crippen LogP contribution in [-0.4, -0.2) is 24.0 Å². The van der Waals surface area contributed by atoms with Crippen molar-refractivity contribution in [2.24, 2.45) is 0 Å². The highest BCUT2D eigenvalue weighted by molar-refractivity contribution is 7.94. The maximum atomic E-state index is 13.3. The molecule has 2 N–H and O–H groups in total. The molecule has 0 spiro atoms. The second kappa shape index (κ2) is 16.1. The van der Waals surface area contributed by atoms with Crippen LogP contribution < -0.4 is 14.2 Å². The molecule has 0 unspecified atom stereocenters. The lowest BCUT2D eigenvalue weighted by Gasteiger charge is -2.13. The largest absolute Gasteiger partial charge is 0.456 e. The van der Waals surface area contributed by atoms with Gasteiger partial charge in [0.15, 0.2) is 5.78 Å². The van der Waals surface area contributed by atoms with Crippen molar-refractivity contribution in [2.75, 3.05) is 0 Å². The van der Waals surface area contributed by atoms with E-state index in [-0.39, 0.29) is 28.2 Å². The van der Waals surface area contributed by atoms with Gasteiger partial charge in [-0.25, -0.2) is 5.26 Å². The van der Waals surface area contributed by atoms with E-state index in [4.69, 9.17) is 19.5 Å². The van der Waals surface area contributed by atoms with E-state index in [1.807, 2.05) is 43.3 Å². The molecule has 0 aromatic heterocycles. The van der Waals surface area contributed by atoms with Crippen LogP contribution in [0.1, 0.15) is 32.6 Å². The number of nitriles is 1. The Hall–Kier alpha value is -5.98. The van der Waals surface area contributed by atoms with Gasteiger partial charge in [0.1, 0.15) is 51.0 Å². The van der Waals surface area contributed by atoms with Crippen LogP contribution in [0, 0.1) is 25.2 Å². The summed E-state index contributed by atoms with van der Waals surface area (Å²) in [4.78, 5) is 13.1. The van der Waals surface area contributed by atoms with Crippen molar-refractivity contribution in [1.29, 1.82) is 5.26 Å². The summed E-state index contributed by atoms with van der Waals surface area (Å²) >= 11 is 0.687.